The van der Waals surface area contributed by atoms with E-state index in [1.165, 1.54) is 11.3 Å². The van der Waals surface area contributed by atoms with Gasteiger partial charge in [0.15, 0.2) is 17.5 Å². The summed E-state index contributed by atoms with van der Waals surface area (Å²) in [4.78, 5) is 5.90. The average molecular weight is 272 g/mol. The van der Waals surface area contributed by atoms with Crippen molar-refractivity contribution in [3.63, 3.8) is 0 Å². The van der Waals surface area contributed by atoms with Crippen LogP contribution in [0.1, 0.15) is 11.8 Å². The van der Waals surface area contributed by atoms with E-state index in [1.807, 2.05) is 17.5 Å². The molecule has 2 aromatic heterocycles. The minimum Gasteiger partial charge on any atom is -0.349 e. The maximum atomic E-state index is 13.6. The number of hydrogen-bond acceptors (Lipinski definition) is 3. The third-order valence-electron chi connectivity index (χ3n) is 2.48. The van der Waals surface area contributed by atoms with Crippen LogP contribution < -0.4 is 4.90 Å². The van der Waals surface area contributed by atoms with Crippen LogP contribution in [0.2, 0.25) is 0 Å². The standard InChI is InChI=1S/C12H11F3N2S/c1-2-17(7-8-4-3-5-18-8)12-10(14)6-9(13)11(15)16-12/h3-6H,2,7H2,1H3. The normalized spacial score (nSPS) is 10.7. The van der Waals surface area contributed by atoms with Gasteiger partial charge in [-0.3, -0.25) is 0 Å². The molecule has 2 heterocycles. The van der Waals surface area contributed by atoms with Gasteiger partial charge in [-0.25, -0.2) is 8.78 Å². The van der Waals surface area contributed by atoms with Crippen molar-refractivity contribution in [1.29, 1.82) is 0 Å². The monoisotopic (exact) mass is 272 g/mol. The molecular weight excluding hydrogens is 261 g/mol. The number of thiophene rings is 1. The van der Waals surface area contributed by atoms with E-state index in [-0.39, 0.29) is 5.82 Å². The molecule has 0 aromatic carbocycles. The van der Waals surface area contributed by atoms with Crippen LogP contribution in [0.5, 0.6) is 0 Å². The third-order valence-corrected chi connectivity index (χ3v) is 3.34. The maximum absolute atomic E-state index is 13.6. The van der Waals surface area contributed by atoms with Crippen LogP contribution in [0.4, 0.5) is 19.0 Å². The molecule has 0 aliphatic carbocycles. The molecule has 0 amide bonds. The molecule has 18 heavy (non-hydrogen) atoms. The quantitative estimate of drug-likeness (QED) is 0.791. The van der Waals surface area contributed by atoms with Crippen LogP contribution in [0.15, 0.2) is 23.6 Å². The van der Waals surface area contributed by atoms with E-state index in [1.54, 1.807) is 11.8 Å². The fourth-order valence-electron chi connectivity index (χ4n) is 1.58. The summed E-state index contributed by atoms with van der Waals surface area (Å²) in [6, 6.07) is 4.29. The molecule has 0 radical (unpaired) electrons. The summed E-state index contributed by atoms with van der Waals surface area (Å²) < 4.78 is 39.5. The summed E-state index contributed by atoms with van der Waals surface area (Å²) in [6.07, 6.45) is 0. The molecule has 0 saturated heterocycles. The van der Waals surface area contributed by atoms with Crippen LogP contribution in [0.3, 0.4) is 0 Å². The zero-order valence-corrected chi connectivity index (χ0v) is 10.5. The van der Waals surface area contributed by atoms with Gasteiger partial charge in [-0.05, 0) is 18.4 Å². The first-order valence-electron chi connectivity index (χ1n) is 5.40. The molecule has 0 fully saturated rings. The second-order valence-corrected chi connectivity index (χ2v) is 4.69. The smallest absolute Gasteiger partial charge is 0.251 e. The van der Waals surface area contributed by atoms with E-state index in [4.69, 9.17) is 0 Å². The van der Waals surface area contributed by atoms with Crippen LogP contribution in [0, 0.1) is 17.6 Å². The molecule has 0 aliphatic rings. The highest BCUT2D eigenvalue weighted by Gasteiger charge is 2.17. The van der Waals surface area contributed by atoms with Crippen molar-refractivity contribution in [1.82, 2.24) is 4.98 Å². The van der Waals surface area contributed by atoms with Crippen LogP contribution in [-0.4, -0.2) is 11.5 Å². The molecule has 2 aromatic rings. The van der Waals surface area contributed by atoms with Gasteiger partial charge in [0, 0.05) is 17.5 Å². The number of nitrogens with zero attached hydrogens (tertiary/aromatic N) is 2. The first kappa shape index (κ1) is 12.9. The van der Waals surface area contributed by atoms with Crippen LogP contribution in [0.25, 0.3) is 0 Å². The number of halogens is 3. The molecule has 0 spiro atoms. The summed E-state index contributed by atoms with van der Waals surface area (Å²) in [7, 11) is 0. The van der Waals surface area contributed by atoms with Crippen LogP contribution >= 0.6 is 11.3 Å². The van der Waals surface area contributed by atoms with Crippen molar-refractivity contribution in [2.24, 2.45) is 0 Å². The van der Waals surface area contributed by atoms with Gasteiger partial charge < -0.3 is 4.90 Å². The predicted molar refractivity (Wildman–Crippen MR) is 65.2 cm³/mol. The predicted octanol–water partition coefficient (Wildman–Crippen LogP) is 3.59. The van der Waals surface area contributed by atoms with Crippen LogP contribution in [-0.2, 0) is 6.54 Å². The summed E-state index contributed by atoms with van der Waals surface area (Å²) in [5.74, 6) is -3.57. The van der Waals surface area contributed by atoms with Gasteiger partial charge in [0.05, 0.1) is 6.54 Å². The Bertz CT molecular complexity index is 528. The Hall–Kier alpha value is -1.56. The molecule has 96 valence electrons. The Morgan fingerprint density at radius 2 is 2.06 bits per heavy atom. The number of hydrogen-bond donors (Lipinski definition) is 0. The molecule has 2 nitrogen and oxygen atoms in total. The summed E-state index contributed by atoms with van der Waals surface area (Å²) in [5.41, 5.74) is 0. The highest BCUT2D eigenvalue weighted by molar-refractivity contribution is 7.09. The third kappa shape index (κ3) is 2.64. The van der Waals surface area contributed by atoms with Crippen molar-refractivity contribution in [3.8, 4) is 0 Å². The largest absolute Gasteiger partial charge is 0.349 e. The summed E-state index contributed by atoms with van der Waals surface area (Å²) in [6.45, 7) is 2.67. The van der Waals surface area contributed by atoms with Crippen molar-refractivity contribution in [3.05, 3.63) is 46.0 Å². The molecule has 2 rings (SSSR count). The lowest BCUT2D eigenvalue weighted by Crippen LogP contribution is -2.24. The number of pyridine rings is 1. The fraction of sp³-hybridized carbons (Fsp3) is 0.250. The van der Waals surface area contributed by atoms with Crippen molar-refractivity contribution in [2.75, 3.05) is 11.4 Å². The highest BCUT2D eigenvalue weighted by atomic mass is 32.1. The SMILES string of the molecule is CCN(Cc1cccs1)c1nc(F)c(F)cc1F. The van der Waals surface area contributed by atoms with E-state index in [9.17, 15) is 13.2 Å². The van der Waals surface area contributed by atoms with E-state index < -0.39 is 17.6 Å². The van der Waals surface area contributed by atoms with Gasteiger partial charge in [-0.15, -0.1) is 11.3 Å². The van der Waals surface area contributed by atoms with Crippen molar-refractivity contribution >= 4 is 17.2 Å². The highest BCUT2D eigenvalue weighted by Crippen LogP contribution is 2.22. The first-order chi connectivity index (χ1) is 8.61. The minimum atomic E-state index is -1.28. The molecule has 0 unspecified atom stereocenters. The topological polar surface area (TPSA) is 16.1 Å². The molecule has 0 bridgehead atoms. The Labute approximate surface area is 107 Å². The Morgan fingerprint density at radius 3 is 2.67 bits per heavy atom. The number of anilines is 1. The van der Waals surface area contributed by atoms with Crippen molar-refractivity contribution < 1.29 is 13.2 Å². The summed E-state index contributed by atoms with van der Waals surface area (Å²) >= 11 is 1.51. The van der Waals surface area contributed by atoms with E-state index in [2.05, 4.69) is 4.98 Å². The Morgan fingerprint density at radius 1 is 1.28 bits per heavy atom. The van der Waals surface area contributed by atoms with E-state index >= 15 is 0 Å². The minimum absolute atomic E-state index is 0.162. The zero-order chi connectivity index (χ0) is 13.1. The molecule has 0 aliphatic heterocycles. The van der Waals surface area contributed by atoms with E-state index in [0.717, 1.165) is 4.88 Å². The summed E-state index contributed by atoms with van der Waals surface area (Å²) in [5, 5.41) is 1.90. The van der Waals surface area contributed by atoms with Gasteiger partial charge in [0.1, 0.15) is 0 Å². The molecule has 0 N–H and O–H groups in total. The molecule has 0 saturated carbocycles. The Kier molecular flexibility index (Phi) is 3.86. The zero-order valence-electron chi connectivity index (χ0n) is 9.66. The maximum Gasteiger partial charge on any atom is 0.251 e. The second-order valence-electron chi connectivity index (χ2n) is 3.66. The van der Waals surface area contributed by atoms with Gasteiger partial charge in [0.25, 0.3) is 5.95 Å². The van der Waals surface area contributed by atoms with E-state index in [0.29, 0.717) is 19.2 Å². The van der Waals surface area contributed by atoms with Crippen molar-refractivity contribution in [2.45, 2.75) is 13.5 Å². The Balaban J connectivity index is 2.30. The molecule has 0 atom stereocenters. The number of rotatable bonds is 4. The lowest BCUT2D eigenvalue weighted by Gasteiger charge is -2.21. The average Bonchev–Trinajstić information content (AvgIpc) is 2.84. The van der Waals surface area contributed by atoms with Gasteiger partial charge in [-0.2, -0.15) is 9.37 Å². The first-order valence-corrected chi connectivity index (χ1v) is 6.28. The van der Waals surface area contributed by atoms with Gasteiger partial charge in [0.2, 0.25) is 0 Å². The molecule has 6 heteroatoms. The van der Waals surface area contributed by atoms with Gasteiger partial charge >= 0.3 is 0 Å². The lowest BCUT2D eigenvalue weighted by molar-refractivity contribution is 0.462. The number of aromatic nitrogens is 1. The second kappa shape index (κ2) is 5.39. The lowest BCUT2D eigenvalue weighted by atomic mass is 10.3. The fourth-order valence-corrected chi connectivity index (χ4v) is 2.30. The van der Waals surface area contributed by atoms with Gasteiger partial charge in [-0.1, -0.05) is 6.07 Å². The molecular formula is C12H11F3N2S.